The number of aliphatic hydroxyl groups excluding tert-OH is 1. The number of imide groups is 1. The third-order valence-electron chi connectivity index (χ3n) is 5.78. The van der Waals surface area contributed by atoms with E-state index in [1.54, 1.807) is 30.3 Å². The van der Waals surface area contributed by atoms with Gasteiger partial charge < -0.3 is 24.1 Å². The Kier molecular flexibility index (Phi) is 7.46. The summed E-state index contributed by atoms with van der Waals surface area (Å²) in [4.78, 5) is 52.5. The molecule has 2 aliphatic heterocycles. The third kappa shape index (κ3) is 4.65. The Morgan fingerprint density at radius 1 is 0.971 bits per heavy atom. The molecule has 2 amide bonds. The molecule has 2 aromatic carbocycles. The van der Waals surface area contributed by atoms with Crippen molar-refractivity contribution in [3.63, 3.8) is 0 Å². The molecule has 1 fully saturated rings. The highest BCUT2D eigenvalue weighted by atomic mass is 35.5. The summed E-state index contributed by atoms with van der Waals surface area (Å²) in [5, 5.41) is 9.98. The number of carbonyl (C=O) groups excluding carboxylic acids is 4. The summed E-state index contributed by atoms with van der Waals surface area (Å²) in [6.45, 7) is -0.642. The van der Waals surface area contributed by atoms with E-state index in [0.29, 0.717) is 0 Å². The second kappa shape index (κ2) is 10.5. The van der Waals surface area contributed by atoms with Gasteiger partial charge in [-0.2, -0.15) is 0 Å². The molecule has 2 aromatic rings. The van der Waals surface area contributed by atoms with Crippen LogP contribution in [0.4, 0.5) is 0 Å². The van der Waals surface area contributed by atoms with Crippen LogP contribution in [-0.2, 0) is 23.7 Å². The van der Waals surface area contributed by atoms with Crippen molar-refractivity contribution in [3.8, 4) is 0 Å². The number of hydrogen-bond donors (Lipinski definition) is 1. The van der Waals surface area contributed by atoms with Crippen LogP contribution in [-0.4, -0.2) is 84.0 Å². The zero-order valence-electron chi connectivity index (χ0n) is 18.5. The van der Waals surface area contributed by atoms with Crippen LogP contribution in [0.3, 0.4) is 0 Å². The molecule has 0 saturated carbocycles. The van der Waals surface area contributed by atoms with Crippen LogP contribution >= 0.6 is 11.6 Å². The fraction of sp³-hybridized carbons (Fsp3) is 0.333. The van der Waals surface area contributed by atoms with Crippen LogP contribution in [0.15, 0.2) is 54.6 Å². The van der Waals surface area contributed by atoms with E-state index in [2.05, 4.69) is 0 Å². The van der Waals surface area contributed by atoms with Crippen molar-refractivity contribution >= 4 is 35.4 Å². The minimum absolute atomic E-state index is 0.150. The molecule has 0 unspecified atom stereocenters. The second-order valence-electron chi connectivity index (χ2n) is 7.80. The molecule has 0 aromatic heterocycles. The van der Waals surface area contributed by atoms with E-state index in [1.165, 1.54) is 31.4 Å². The minimum atomic E-state index is -1.45. The smallest absolute Gasteiger partial charge is 0.338 e. The largest absolute Gasteiger partial charge is 0.455 e. The Bertz CT molecular complexity index is 1090. The Morgan fingerprint density at radius 3 is 2.11 bits per heavy atom. The molecular weight excluding hydrogens is 482 g/mol. The maximum absolute atomic E-state index is 13.2. The molecule has 0 bridgehead atoms. The maximum Gasteiger partial charge on any atom is 0.338 e. The number of methoxy groups -OCH3 is 1. The molecule has 2 aliphatic rings. The van der Waals surface area contributed by atoms with Gasteiger partial charge in [-0.15, -0.1) is 11.6 Å². The molecule has 1 saturated heterocycles. The summed E-state index contributed by atoms with van der Waals surface area (Å²) >= 11 is 5.66. The molecule has 2 heterocycles. The van der Waals surface area contributed by atoms with Crippen molar-refractivity contribution < 1.29 is 43.2 Å². The highest BCUT2D eigenvalue weighted by Crippen LogP contribution is 2.35. The number of carbonyl (C=O) groups is 4. The van der Waals surface area contributed by atoms with Gasteiger partial charge in [-0.3, -0.25) is 19.3 Å². The molecule has 10 nitrogen and oxygen atoms in total. The molecular formula is C24H22ClNO9. The number of rotatable bonds is 7. The van der Waals surface area contributed by atoms with Crippen molar-refractivity contribution in [2.45, 2.75) is 30.6 Å². The van der Waals surface area contributed by atoms with Crippen LogP contribution in [0.25, 0.3) is 0 Å². The number of nitrogens with zero attached hydrogens (tertiary/aromatic N) is 1. The number of alkyl halides is 1. The van der Waals surface area contributed by atoms with E-state index >= 15 is 0 Å². The lowest BCUT2D eigenvalue weighted by Crippen LogP contribution is -2.67. The molecule has 5 atom stereocenters. The zero-order chi connectivity index (χ0) is 25.1. The average molecular weight is 504 g/mol. The Labute approximate surface area is 205 Å². The average Bonchev–Trinajstić information content (AvgIpc) is 3.14. The first kappa shape index (κ1) is 24.8. The molecule has 11 heteroatoms. The fourth-order valence-electron chi connectivity index (χ4n) is 4.21. The highest BCUT2D eigenvalue weighted by Gasteiger charge is 2.57. The maximum atomic E-state index is 13.2. The Morgan fingerprint density at radius 2 is 1.57 bits per heavy atom. The van der Waals surface area contributed by atoms with Gasteiger partial charge in [0.05, 0.1) is 23.3 Å². The first-order valence-corrected chi connectivity index (χ1v) is 11.2. The predicted octanol–water partition coefficient (Wildman–Crippen LogP) is 1.39. The summed E-state index contributed by atoms with van der Waals surface area (Å²) in [6.07, 6.45) is -5.37. The number of esters is 2. The Balaban J connectivity index is 1.75. The molecule has 4 rings (SSSR count). The summed E-state index contributed by atoms with van der Waals surface area (Å²) in [5.74, 6) is -3.56. The topological polar surface area (TPSA) is 129 Å². The van der Waals surface area contributed by atoms with E-state index in [9.17, 15) is 24.3 Å². The number of fused-ring (bicyclic) bond motifs is 1. The summed E-state index contributed by atoms with van der Waals surface area (Å²) in [5.41, 5.74) is 0.492. The van der Waals surface area contributed by atoms with Gasteiger partial charge in [-0.25, -0.2) is 4.79 Å². The van der Waals surface area contributed by atoms with E-state index in [-0.39, 0.29) is 16.7 Å². The van der Waals surface area contributed by atoms with Crippen LogP contribution in [0.5, 0.6) is 0 Å². The predicted molar refractivity (Wildman–Crippen MR) is 120 cm³/mol. The van der Waals surface area contributed by atoms with Gasteiger partial charge in [-0.1, -0.05) is 30.3 Å². The van der Waals surface area contributed by atoms with Crippen LogP contribution < -0.4 is 0 Å². The standard InChI is InChI=1S/C24H22ClNO9/c1-32-24-18(26-21(29)14-9-5-6-10-15(14)22(26)30)20(34-17(28)11-25)19(16(12-27)33-24)35-23(31)13-7-3-2-4-8-13/h2-10,16,18-20,24,27H,11-12H2,1H3/t16-,18-,19-,20-,24-/m1/s1. The zero-order valence-corrected chi connectivity index (χ0v) is 19.3. The van der Waals surface area contributed by atoms with Gasteiger partial charge in [0.1, 0.15) is 18.0 Å². The lowest BCUT2D eigenvalue weighted by Gasteiger charge is -2.46. The van der Waals surface area contributed by atoms with E-state index in [4.69, 9.17) is 30.5 Å². The number of halogens is 1. The molecule has 35 heavy (non-hydrogen) atoms. The van der Waals surface area contributed by atoms with E-state index < -0.39 is 66.9 Å². The van der Waals surface area contributed by atoms with Crippen molar-refractivity contribution in [3.05, 3.63) is 71.3 Å². The van der Waals surface area contributed by atoms with Crippen molar-refractivity contribution in [1.29, 1.82) is 0 Å². The monoisotopic (exact) mass is 503 g/mol. The lowest BCUT2D eigenvalue weighted by atomic mass is 9.94. The fourth-order valence-corrected chi connectivity index (χ4v) is 4.27. The second-order valence-corrected chi connectivity index (χ2v) is 8.07. The van der Waals surface area contributed by atoms with Crippen molar-refractivity contribution in [2.75, 3.05) is 19.6 Å². The van der Waals surface area contributed by atoms with E-state index in [0.717, 1.165) is 4.90 Å². The summed E-state index contributed by atoms with van der Waals surface area (Å²) in [6, 6.07) is 12.8. The number of amides is 2. The first-order valence-electron chi connectivity index (χ1n) is 10.7. The molecule has 0 aliphatic carbocycles. The molecule has 184 valence electrons. The summed E-state index contributed by atoms with van der Waals surface area (Å²) < 4.78 is 22.3. The number of aliphatic hydroxyl groups is 1. The van der Waals surface area contributed by atoms with Crippen molar-refractivity contribution in [2.24, 2.45) is 0 Å². The van der Waals surface area contributed by atoms with E-state index in [1.807, 2.05) is 0 Å². The number of benzene rings is 2. The van der Waals surface area contributed by atoms with Crippen molar-refractivity contribution in [1.82, 2.24) is 4.90 Å². The van der Waals surface area contributed by atoms with Gasteiger partial charge in [0.25, 0.3) is 11.8 Å². The van der Waals surface area contributed by atoms with Gasteiger partial charge in [0, 0.05) is 7.11 Å². The molecule has 1 N–H and O–H groups in total. The highest BCUT2D eigenvalue weighted by molar-refractivity contribution is 6.26. The number of hydrogen-bond acceptors (Lipinski definition) is 9. The Hall–Kier alpha value is -3.31. The van der Waals surface area contributed by atoms with Gasteiger partial charge >= 0.3 is 11.9 Å². The van der Waals surface area contributed by atoms with Crippen LogP contribution in [0, 0.1) is 0 Å². The quantitative estimate of drug-likeness (QED) is 0.338. The molecule has 0 radical (unpaired) electrons. The van der Waals surface area contributed by atoms with Gasteiger partial charge in [0.15, 0.2) is 18.5 Å². The van der Waals surface area contributed by atoms with Gasteiger partial charge in [-0.05, 0) is 24.3 Å². The van der Waals surface area contributed by atoms with Crippen LogP contribution in [0.2, 0.25) is 0 Å². The normalized spacial score (nSPS) is 25.8. The minimum Gasteiger partial charge on any atom is -0.455 e. The van der Waals surface area contributed by atoms with Gasteiger partial charge in [0.2, 0.25) is 0 Å². The SMILES string of the molecule is CO[C@@H]1O[C@H](CO)[C@@H](OC(=O)c2ccccc2)[C@H](OC(=O)CCl)[C@H]1N1C(=O)c2ccccc2C1=O. The third-order valence-corrected chi connectivity index (χ3v) is 6.00. The first-order chi connectivity index (χ1) is 16.9. The summed E-state index contributed by atoms with van der Waals surface area (Å²) in [7, 11) is 1.26. The molecule has 0 spiro atoms. The lowest BCUT2D eigenvalue weighted by molar-refractivity contribution is -0.274. The van der Waals surface area contributed by atoms with Crippen LogP contribution in [0.1, 0.15) is 31.1 Å². The number of ether oxygens (including phenoxy) is 4.